The minimum absolute atomic E-state index is 0.244. The first-order chi connectivity index (χ1) is 14.6. The summed E-state index contributed by atoms with van der Waals surface area (Å²) in [5, 5.41) is 25.3. The summed E-state index contributed by atoms with van der Waals surface area (Å²) in [5.41, 5.74) is 3.13. The zero-order chi connectivity index (χ0) is 21.2. The standard InChI is InChI=1S/C24H26N2O3S/c27-23(22(26-24(28)29)15-18-7-3-1-4-8-18)16-25-20-11-13-21(14-12-20)30-17-19-9-5-2-6-10-19/h1-14,22-23,25-27H,15-17H2,(H,28,29)/t22-,23+/m0/s1. The van der Waals surface area contributed by atoms with Gasteiger partial charge in [-0.2, -0.15) is 0 Å². The third-order valence-corrected chi connectivity index (χ3v) is 5.77. The largest absolute Gasteiger partial charge is 0.465 e. The van der Waals surface area contributed by atoms with E-state index < -0.39 is 18.2 Å². The SMILES string of the molecule is O=C(O)N[C@@H](Cc1ccccc1)[C@H](O)CNc1ccc(SCc2ccccc2)cc1. The number of anilines is 1. The van der Waals surface area contributed by atoms with Crippen molar-refractivity contribution in [2.45, 2.75) is 29.2 Å². The fourth-order valence-corrected chi connectivity index (χ4v) is 3.94. The number of carboxylic acid groups (broad SMARTS) is 1. The zero-order valence-corrected chi connectivity index (χ0v) is 17.4. The summed E-state index contributed by atoms with van der Waals surface area (Å²) in [6.45, 7) is 0.244. The number of aliphatic hydroxyl groups excluding tert-OH is 1. The van der Waals surface area contributed by atoms with Crippen molar-refractivity contribution in [2.75, 3.05) is 11.9 Å². The Morgan fingerprint density at radius 2 is 1.47 bits per heavy atom. The average Bonchev–Trinajstić information content (AvgIpc) is 2.77. The van der Waals surface area contributed by atoms with Gasteiger partial charge in [-0.3, -0.25) is 0 Å². The lowest BCUT2D eigenvalue weighted by molar-refractivity contribution is 0.128. The molecule has 0 radical (unpaired) electrons. The lowest BCUT2D eigenvalue weighted by atomic mass is 10.0. The number of thioether (sulfide) groups is 1. The fourth-order valence-electron chi connectivity index (χ4n) is 3.08. The molecule has 0 saturated heterocycles. The maximum absolute atomic E-state index is 11.1. The zero-order valence-electron chi connectivity index (χ0n) is 16.6. The summed E-state index contributed by atoms with van der Waals surface area (Å²) in [7, 11) is 0. The summed E-state index contributed by atoms with van der Waals surface area (Å²) in [6.07, 6.45) is -1.59. The Kier molecular flexibility index (Phi) is 8.18. The monoisotopic (exact) mass is 422 g/mol. The Morgan fingerprint density at radius 1 is 0.867 bits per heavy atom. The maximum atomic E-state index is 11.1. The van der Waals surface area contributed by atoms with Crippen molar-refractivity contribution in [3.63, 3.8) is 0 Å². The third kappa shape index (κ3) is 7.13. The van der Waals surface area contributed by atoms with Crippen molar-refractivity contribution in [1.29, 1.82) is 0 Å². The molecule has 3 aromatic rings. The number of nitrogens with one attached hydrogen (secondary N) is 2. The molecular formula is C24H26N2O3S. The highest BCUT2D eigenvalue weighted by Gasteiger charge is 2.21. The molecule has 3 rings (SSSR count). The van der Waals surface area contributed by atoms with Crippen LogP contribution in [0.15, 0.2) is 89.8 Å². The second-order valence-corrected chi connectivity index (χ2v) is 8.04. The Hall–Kier alpha value is -2.96. The van der Waals surface area contributed by atoms with Gasteiger partial charge in [-0.1, -0.05) is 60.7 Å². The second kappa shape index (κ2) is 11.3. The van der Waals surface area contributed by atoms with Gasteiger partial charge in [0.25, 0.3) is 0 Å². The van der Waals surface area contributed by atoms with Crippen LogP contribution >= 0.6 is 11.8 Å². The van der Waals surface area contributed by atoms with Crippen LogP contribution in [0.2, 0.25) is 0 Å². The van der Waals surface area contributed by atoms with Crippen LogP contribution in [-0.2, 0) is 12.2 Å². The van der Waals surface area contributed by atoms with E-state index in [4.69, 9.17) is 5.11 Å². The number of hydrogen-bond donors (Lipinski definition) is 4. The van der Waals surface area contributed by atoms with Gasteiger partial charge in [0.1, 0.15) is 0 Å². The number of aliphatic hydroxyl groups is 1. The van der Waals surface area contributed by atoms with E-state index in [2.05, 4.69) is 22.8 Å². The molecule has 3 aromatic carbocycles. The van der Waals surface area contributed by atoms with Gasteiger partial charge in [0.15, 0.2) is 0 Å². The molecule has 0 aromatic heterocycles. The molecule has 0 aliphatic heterocycles. The van der Waals surface area contributed by atoms with Crippen molar-refractivity contribution in [3.05, 3.63) is 96.1 Å². The number of amides is 1. The van der Waals surface area contributed by atoms with Crippen LogP contribution in [0.1, 0.15) is 11.1 Å². The molecular weight excluding hydrogens is 396 g/mol. The minimum atomic E-state index is -1.14. The Balaban J connectivity index is 1.51. The highest BCUT2D eigenvalue weighted by molar-refractivity contribution is 7.98. The van der Waals surface area contributed by atoms with Crippen LogP contribution in [-0.4, -0.2) is 35.0 Å². The molecule has 30 heavy (non-hydrogen) atoms. The number of hydrogen-bond acceptors (Lipinski definition) is 4. The molecule has 0 bridgehead atoms. The predicted octanol–water partition coefficient (Wildman–Crippen LogP) is 4.63. The van der Waals surface area contributed by atoms with Crippen LogP contribution in [0.4, 0.5) is 10.5 Å². The van der Waals surface area contributed by atoms with Crippen LogP contribution in [0.25, 0.3) is 0 Å². The maximum Gasteiger partial charge on any atom is 0.404 e. The van der Waals surface area contributed by atoms with Gasteiger partial charge < -0.3 is 20.8 Å². The van der Waals surface area contributed by atoms with Crippen molar-refractivity contribution in [1.82, 2.24) is 5.32 Å². The van der Waals surface area contributed by atoms with Gasteiger partial charge >= 0.3 is 6.09 Å². The summed E-state index contributed by atoms with van der Waals surface area (Å²) in [4.78, 5) is 12.3. The van der Waals surface area contributed by atoms with E-state index in [1.165, 1.54) is 10.5 Å². The number of benzene rings is 3. The molecule has 0 unspecified atom stereocenters. The molecule has 6 heteroatoms. The normalized spacial score (nSPS) is 12.7. The molecule has 5 nitrogen and oxygen atoms in total. The van der Waals surface area contributed by atoms with Gasteiger partial charge in [-0.05, 0) is 41.8 Å². The van der Waals surface area contributed by atoms with Crippen molar-refractivity contribution < 1.29 is 15.0 Å². The molecule has 2 atom stereocenters. The molecule has 0 aliphatic carbocycles. The van der Waals surface area contributed by atoms with Gasteiger partial charge in [0.05, 0.1) is 12.1 Å². The van der Waals surface area contributed by atoms with Gasteiger partial charge in [-0.25, -0.2) is 4.79 Å². The molecule has 156 valence electrons. The van der Waals surface area contributed by atoms with E-state index >= 15 is 0 Å². The molecule has 0 heterocycles. The first-order valence-corrected chi connectivity index (χ1v) is 10.8. The van der Waals surface area contributed by atoms with Crippen LogP contribution < -0.4 is 10.6 Å². The summed E-state index contributed by atoms with van der Waals surface area (Å²) in [5.74, 6) is 0.911. The fraction of sp³-hybridized carbons (Fsp3) is 0.208. The Morgan fingerprint density at radius 3 is 2.07 bits per heavy atom. The molecule has 0 saturated carbocycles. The highest BCUT2D eigenvalue weighted by Crippen LogP contribution is 2.24. The van der Waals surface area contributed by atoms with E-state index in [1.54, 1.807) is 11.8 Å². The molecule has 0 spiro atoms. The number of rotatable bonds is 10. The first kappa shape index (κ1) is 21.7. The average molecular weight is 423 g/mol. The summed E-state index contributed by atoms with van der Waals surface area (Å²) < 4.78 is 0. The lowest BCUT2D eigenvalue weighted by Gasteiger charge is -2.23. The van der Waals surface area contributed by atoms with E-state index in [9.17, 15) is 9.90 Å². The van der Waals surface area contributed by atoms with Crippen molar-refractivity contribution in [3.8, 4) is 0 Å². The highest BCUT2D eigenvalue weighted by atomic mass is 32.2. The summed E-state index contributed by atoms with van der Waals surface area (Å²) in [6, 6.07) is 27.3. The van der Waals surface area contributed by atoms with Gasteiger partial charge in [0, 0.05) is 22.9 Å². The first-order valence-electron chi connectivity index (χ1n) is 9.82. The molecule has 0 aliphatic rings. The van der Waals surface area contributed by atoms with Crippen LogP contribution in [0.3, 0.4) is 0 Å². The van der Waals surface area contributed by atoms with E-state index in [1.807, 2.05) is 72.8 Å². The summed E-state index contributed by atoms with van der Waals surface area (Å²) >= 11 is 1.77. The lowest BCUT2D eigenvalue weighted by Crippen LogP contribution is -2.47. The quantitative estimate of drug-likeness (QED) is 0.358. The van der Waals surface area contributed by atoms with E-state index in [-0.39, 0.29) is 6.54 Å². The van der Waals surface area contributed by atoms with E-state index in [0.29, 0.717) is 6.42 Å². The molecule has 0 fully saturated rings. The van der Waals surface area contributed by atoms with Gasteiger partial charge in [0.2, 0.25) is 0 Å². The van der Waals surface area contributed by atoms with Crippen LogP contribution in [0.5, 0.6) is 0 Å². The molecule has 1 amide bonds. The predicted molar refractivity (Wildman–Crippen MR) is 122 cm³/mol. The van der Waals surface area contributed by atoms with Crippen molar-refractivity contribution >= 4 is 23.5 Å². The van der Waals surface area contributed by atoms with Gasteiger partial charge in [-0.15, -0.1) is 11.8 Å². The topological polar surface area (TPSA) is 81.6 Å². The smallest absolute Gasteiger partial charge is 0.404 e. The van der Waals surface area contributed by atoms with Crippen molar-refractivity contribution in [2.24, 2.45) is 0 Å². The second-order valence-electron chi connectivity index (χ2n) is 6.99. The number of carbonyl (C=O) groups is 1. The third-order valence-electron chi connectivity index (χ3n) is 4.69. The Bertz CT molecular complexity index is 905. The Labute approximate surface area is 181 Å². The van der Waals surface area contributed by atoms with E-state index in [0.717, 1.165) is 17.0 Å². The molecule has 4 N–H and O–H groups in total. The van der Waals surface area contributed by atoms with Crippen LogP contribution in [0, 0.1) is 0 Å². The minimum Gasteiger partial charge on any atom is -0.465 e.